The molecule has 0 amide bonds. The first kappa shape index (κ1) is 14.8. The summed E-state index contributed by atoms with van der Waals surface area (Å²) in [5, 5.41) is 15.6. The molecule has 0 aliphatic carbocycles. The van der Waals surface area contributed by atoms with Crippen LogP contribution in [0, 0.1) is 13.8 Å². The molecule has 6 nitrogen and oxygen atoms in total. The highest BCUT2D eigenvalue weighted by molar-refractivity contribution is 7.92. The fourth-order valence-corrected chi connectivity index (χ4v) is 3.23. The van der Waals surface area contributed by atoms with Crippen LogP contribution in [-0.4, -0.2) is 23.7 Å². The number of aliphatic hydroxyl groups is 1. The third-order valence-corrected chi connectivity index (χ3v) is 4.48. The minimum atomic E-state index is -3.91. The largest absolute Gasteiger partial charge is 0.392 e. The van der Waals surface area contributed by atoms with E-state index in [1.54, 1.807) is 25.1 Å². The third kappa shape index (κ3) is 2.79. The first-order valence-corrected chi connectivity index (χ1v) is 7.65. The van der Waals surface area contributed by atoms with Crippen LogP contribution in [0.1, 0.15) is 16.8 Å². The van der Waals surface area contributed by atoms with E-state index in [1.165, 1.54) is 0 Å². The Morgan fingerprint density at radius 2 is 2.10 bits per heavy atom. The number of halogens is 1. The highest BCUT2D eigenvalue weighted by Gasteiger charge is 2.24. The molecule has 0 fully saturated rings. The second-order valence-corrected chi connectivity index (χ2v) is 6.38. The zero-order valence-electron chi connectivity index (χ0n) is 10.9. The van der Waals surface area contributed by atoms with Crippen molar-refractivity contribution in [2.75, 3.05) is 4.72 Å². The lowest BCUT2D eigenvalue weighted by atomic mass is 10.2. The van der Waals surface area contributed by atoms with Crippen LogP contribution < -0.4 is 4.72 Å². The number of aliphatic hydroxyl groups excluding tert-OH is 1. The number of hydrogen-bond acceptors (Lipinski definition) is 4. The van der Waals surface area contributed by atoms with Crippen LogP contribution in [0.5, 0.6) is 0 Å². The van der Waals surface area contributed by atoms with Gasteiger partial charge < -0.3 is 5.11 Å². The average Bonchev–Trinajstić information content (AvgIpc) is 2.75. The summed E-state index contributed by atoms with van der Waals surface area (Å²) in [4.78, 5) is 0. The van der Waals surface area contributed by atoms with Gasteiger partial charge in [-0.15, -0.1) is 0 Å². The molecule has 1 aromatic heterocycles. The molecule has 0 spiro atoms. The van der Waals surface area contributed by atoms with Gasteiger partial charge in [-0.25, -0.2) is 0 Å². The predicted molar refractivity (Wildman–Crippen MR) is 76.2 cm³/mol. The minimum absolute atomic E-state index is 0.227. The standard InChI is InChI=1S/C12H14ClN3O3S/c1-7-3-4-10(13)11(5-7)16-20(18,19)12-9(6-17)8(2)14-15-12/h3-5,16-17H,6H2,1-2H3,(H,14,15). The summed E-state index contributed by atoms with van der Waals surface area (Å²) in [5.41, 5.74) is 1.88. The molecule has 8 heteroatoms. The molecule has 1 heterocycles. The van der Waals surface area contributed by atoms with Crippen LogP contribution in [-0.2, 0) is 16.6 Å². The van der Waals surface area contributed by atoms with Gasteiger partial charge in [0.15, 0.2) is 0 Å². The molecule has 20 heavy (non-hydrogen) atoms. The monoisotopic (exact) mass is 315 g/mol. The number of hydrogen-bond donors (Lipinski definition) is 3. The van der Waals surface area contributed by atoms with Crippen molar-refractivity contribution in [1.82, 2.24) is 10.2 Å². The van der Waals surface area contributed by atoms with Crippen LogP contribution in [0.2, 0.25) is 5.02 Å². The quantitative estimate of drug-likeness (QED) is 0.804. The number of sulfonamides is 1. The summed E-state index contributed by atoms with van der Waals surface area (Å²) >= 11 is 5.96. The van der Waals surface area contributed by atoms with Gasteiger partial charge in [0.05, 0.1) is 17.3 Å². The highest BCUT2D eigenvalue weighted by Crippen LogP contribution is 2.26. The zero-order chi connectivity index (χ0) is 14.9. The van der Waals surface area contributed by atoms with Gasteiger partial charge in [0.1, 0.15) is 0 Å². The van der Waals surface area contributed by atoms with Crippen LogP contribution in [0.25, 0.3) is 0 Å². The van der Waals surface area contributed by atoms with Crippen molar-refractivity contribution in [3.63, 3.8) is 0 Å². The summed E-state index contributed by atoms with van der Waals surface area (Å²) in [6, 6.07) is 5.01. The molecular formula is C12H14ClN3O3S. The topological polar surface area (TPSA) is 95.1 Å². The van der Waals surface area contributed by atoms with E-state index in [-0.39, 0.29) is 21.3 Å². The van der Waals surface area contributed by atoms with Crippen molar-refractivity contribution in [1.29, 1.82) is 0 Å². The van der Waals surface area contributed by atoms with Crippen molar-refractivity contribution in [3.05, 3.63) is 40.0 Å². The van der Waals surface area contributed by atoms with Gasteiger partial charge in [-0.2, -0.15) is 13.5 Å². The number of aryl methyl sites for hydroxylation is 2. The number of aromatic amines is 1. The summed E-state index contributed by atoms with van der Waals surface area (Å²) in [6.45, 7) is 3.04. The van der Waals surface area contributed by atoms with Crippen LogP contribution in [0.4, 0.5) is 5.69 Å². The van der Waals surface area contributed by atoms with Crippen LogP contribution in [0.15, 0.2) is 23.2 Å². The van der Waals surface area contributed by atoms with E-state index in [1.807, 2.05) is 6.92 Å². The molecule has 0 radical (unpaired) electrons. The Morgan fingerprint density at radius 3 is 2.75 bits per heavy atom. The smallest absolute Gasteiger partial charge is 0.281 e. The lowest BCUT2D eigenvalue weighted by Crippen LogP contribution is -2.15. The minimum Gasteiger partial charge on any atom is -0.392 e. The van der Waals surface area contributed by atoms with E-state index < -0.39 is 16.6 Å². The molecule has 0 aliphatic heterocycles. The van der Waals surface area contributed by atoms with Crippen LogP contribution in [0.3, 0.4) is 0 Å². The van der Waals surface area contributed by atoms with E-state index in [2.05, 4.69) is 14.9 Å². The third-order valence-electron chi connectivity index (χ3n) is 2.81. The number of benzene rings is 1. The van der Waals surface area contributed by atoms with Gasteiger partial charge in [-0.1, -0.05) is 17.7 Å². The van der Waals surface area contributed by atoms with Gasteiger partial charge in [0.2, 0.25) is 5.03 Å². The lowest BCUT2D eigenvalue weighted by Gasteiger charge is -2.09. The molecule has 1 aromatic carbocycles. The van der Waals surface area contributed by atoms with Crippen molar-refractivity contribution < 1.29 is 13.5 Å². The second-order valence-electron chi connectivity index (χ2n) is 4.38. The van der Waals surface area contributed by atoms with E-state index in [9.17, 15) is 13.5 Å². The average molecular weight is 316 g/mol. The zero-order valence-corrected chi connectivity index (χ0v) is 12.5. The Labute approximate surface area is 121 Å². The van der Waals surface area contributed by atoms with E-state index in [4.69, 9.17) is 11.6 Å². The lowest BCUT2D eigenvalue weighted by molar-refractivity contribution is 0.277. The first-order chi connectivity index (χ1) is 9.35. The van der Waals surface area contributed by atoms with Crippen molar-refractivity contribution in [3.8, 4) is 0 Å². The number of nitrogens with zero attached hydrogens (tertiary/aromatic N) is 1. The maximum atomic E-state index is 12.3. The number of H-pyrrole nitrogens is 1. The summed E-state index contributed by atoms with van der Waals surface area (Å²) in [5.74, 6) is 0. The molecule has 0 aliphatic rings. The molecule has 3 N–H and O–H groups in total. The Hall–Kier alpha value is -1.57. The molecule has 2 aromatic rings. The fraction of sp³-hybridized carbons (Fsp3) is 0.250. The maximum absolute atomic E-state index is 12.3. The second kappa shape index (κ2) is 5.43. The van der Waals surface area contributed by atoms with E-state index >= 15 is 0 Å². The van der Waals surface area contributed by atoms with E-state index in [0.29, 0.717) is 5.69 Å². The van der Waals surface area contributed by atoms with Crippen molar-refractivity contribution in [2.45, 2.75) is 25.5 Å². The summed E-state index contributed by atoms with van der Waals surface area (Å²) < 4.78 is 27.0. The number of anilines is 1. The summed E-state index contributed by atoms with van der Waals surface area (Å²) in [6.07, 6.45) is 0. The normalized spacial score (nSPS) is 11.6. The van der Waals surface area contributed by atoms with Gasteiger partial charge in [-0.3, -0.25) is 9.82 Å². The molecule has 0 saturated carbocycles. The van der Waals surface area contributed by atoms with Gasteiger partial charge in [0, 0.05) is 11.3 Å². The molecule has 2 rings (SSSR count). The SMILES string of the molecule is Cc1ccc(Cl)c(NS(=O)(=O)c2n[nH]c(C)c2CO)c1. The Balaban J connectivity index is 2.43. The van der Waals surface area contributed by atoms with Crippen molar-refractivity contribution in [2.24, 2.45) is 0 Å². The molecule has 108 valence electrons. The van der Waals surface area contributed by atoms with Crippen LogP contribution >= 0.6 is 11.6 Å². The Kier molecular flexibility index (Phi) is 4.03. The molecule has 0 atom stereocenters. The first-order valence-electron chi connectivity index (χ1n) is 5.79. The van der Waals surface area contributed by atoms with Crippen molar-refractivity contribution >= 4 is 27.3 Å². The molecule has 0 unspecified atom stereocenters. The fourth-order valence-electron chi connectivity index (χ4n) is 1.75. The molecule has 0 saturated heterocycles. The predicted octanol–water partition coefficient (Wildman–Crippen LogP) is 1.97. The van der Waals surface area contributed by atoms with Gasteiger partial charge in [-0.05, 0) is 31.5 Å². The maximum Gasteiger partial charge on any atom is 0.281 e. The molecular weight excluding hydrogens is 302 g/mol. The number of aromatic nitrogens is 2. The Morgan fingerprint density at radius 1 is 1.40 bits per heavy atom. The number of nitrogens with one attached hydrogen (secondary N) is 2. The van der Waals surface area contributed by atoms with Gasteiger partial charge >= 0.3 is 0 Å². The summed E-state index contributed by atoms with van der Waals surface area (Å²) in [7, 11) is -3.91. The van der Waals surface area contributed by atoms with E-state index in [0.717, 1.165) is 5.56 Å². The number of rotatable bonds is 4. The Bertz CT molecular complexity index is 740. The van der Waals surface area contributed by atoms with Gasteiger partial charge in [0.25, 0.3) is 10.0 Å². The highest BCUT2D eigenvalue weighted by atomic mass is 35.5. The molecule has 0 bridgehead atoms.